The number of carbonyl (C=O) groups is 1. The van der Waals surface area contributed by atoms with Crippen LogP contribution in [0.2, 0.25) is 0 Å². The van der Waals surface area contributed by atoms with Gasteiger partial charge in [-0.3, -0.25) is 4.79 Å². The molecule has 1 aromatic rings. The van der Waals surface area contributed by atoms with Crippen molar-refractivity contribution in [3.63, 3.8) is 0 Å². The quantitative estimate of drug-likeness (QED) is 0.857. The summed E-state index contributed by atoms with van der Waals surface area (Å²) < 4.78 is 0. The van der Waals surface area contributed by atoms with Crippen molar-refractivity contribution in [3.05, 3.63) is 29.8 Å². The molecule has 0 bridgehead atoms. The van der Waals surface area contributed by atoms with E-state index >= 15 is 0 Å². The summed E-state index contributed by atoms with van der Waals surface area (Å²) in [4.78, 5) is 12.0. The van der Waals surface area contributed by atoms with E-state index in [4.69, 9.17) is 0 Å². The summed E-state index contributed by atoms with van der Waals surface area (Å²) in [7, 11) is 0. The lowest BCUT2D eigenvalue weighted by Crippen LogP contribution is -2.40. The summed E-state index contributed by atoms with van der Waals surface area (Å²) in [5, 5.41) is 6.71. The second-order valence-electron chi connectivity index (χ2n) is 4.35. The Morgan fingerprint density at radius 2 is 2.35 bits per heavy atom. The molecule has 3 nitrogen and oxygen atoms in total. The zero-order valence-corrected chi connectivity index (χ0v) is 11.0. The van der Waals surface area contributed by atoms with Crippen molar-refractivity contribution in [1.29, 1.82) is 0 Å². The first-order valence-electron chi connectivity index (χ1n) is 5.85. The van der Waals surface area contributed by atoms with Gasteiger partial charge in [0.25, 0.3) is 0 Å². The molecule has 0 aromatic heterocycles. The molecule has 1 amide bonds. The molecule has 0 saturated carbocycles. The molecule has 0 fully saturated rings. The number of fused-ring (bicyclic) bond motifs is 1. The molecule has 1 aliphatic heterocycles. The van der Waals surface area contributed by atoms with Gasteiger partial charge in [0.1, 0.15) is 6.04 Å². The molecule has 17 heavy (non-hydrogen) atoms. The first kappa shape index (κ1) is 12.3. The smallest absolute Gasteiger partial charge is 0.242 e. The average molecular weight is 250 g/mol. The van der Waals surface area contributed by atoms with Gasteiger partial charge < -0.3 is 10.6 Å². The second kappa shape index (κ2) is 5.45. The molecule has 2 unspecified atom stereocenters. The van der Waals surface area contributed by atoms with Gasteiger partial charge in [-0.15, -0.1) is 0 Å². The SMILES string of the molecule is CSC(C)CNC(=O)C1Cc2ccccc2N1. The lowest BCUT2D eigenvalue weighted by molar-refractivity contribution is -0.121. The first-order valence-corrected chi connectivity index (χ1v) is 7.14. The fourth-order valence-corrected chi connectivity index (χ4v) is 2.16. The van der Waals surface area contributed by atoms with Gasteiger partial charge in [0.2, 0.25) is 5.91 Å². The van der Waals surface area contributed by atoms with Gasteiger partial charge >= 0.3 is 0 Å². The van der Waals surface area contributed by atoms with Crippen LogP contribution >= 0.6 is 11.8 Å². The first-order chi connectivity index (χ1) is 8.20. The fourth-order valence-electron chi connectivity index (χ4n) is 1.91. The van der Waals surface area contributed by atoms with E-state index in [0.717, 1.165) is 18.7 Å². The minimum atomic E-state index is -0.110. The van der Waals surface area contributed by atoms with Gasteiger partial charge in [0.15, 0.2) is 0 Å². The molecule has 0 saturated heterocycles. The maximum atomic E-state index is 12.0. The number of rotatable bonds is 4. The molecule has 2 rings (SSSR count). The van der Waals surface area contributed by atoms with E-state index < -0.39 is 0 Å². The number of hydrogen-bond acceptors (Lipinski definition) is 3. The van der Waals surface area contributed by atoms with Crippen LogP contribution in [0.4, 0.5) is 5.69 Å². The van der Waals surface area contributed by atoms with Gasteiger partial charge in [-0.1, -0.05) is 25.1 Å². The van der Waals surface area contributed by atoms with Crippen LogP contribution in [-0.2, 0) is 11.2 Å². The van der Waals surface area contributed by atoms with Crippen molar-refractivity contribution in [2.75, 3.05) is 18.1 Å². The van der Waals surface area contributed by atoms with Crippen LogP contribution in [0.3, 0.4) is 0 Å². The van der Waals surface area contributed by atoms with Crippen molar-refractivity contribution in [1.82, 2.24) is 5.32 Å². The van der Waals surface area contributed by atoms with Crippen LogP contribution in [0.25, 0.3) is 0 Å². The molecule has 92 valence electrons. The van der Waals surface area contributed by atoms with E-state index in [1.165, 1.54) is 5.56 Å². The molecule has 0 spiro atoms. The van der Waals surface area contributed by atoms with Gasteiger partial charge in [0.05, 0.1) is 0 Å². The lowest BCUT2D eigenvalue weighted by atomic mass is 10.1. The van der Waals surface area contributed by atoms with Crippen LogP contribution < -0.4 is 10.6 Å². The topological polar surface area (TPSA) is 41.1 Å². The Kier molecular flexibility index (Phi) is 3.94. The summed E-state index contributed by atoms with van der Waals surface area (Å²) >= 11 is 1.76. The van der Waals surface area contributed by atoms with E-state index in [-0.39, 0.29) is 11.9 Å². The van der Waals surface area contributed by atoms with Crippen LogP contribution in [0, 0.1) is 0 Å². The van der Waals surface area contributed by atoms with E-state index in [2.05, 4.69) is 29.9 Å². The highest BCUT2D eigenvalue weighted by Crippen LogP contribution is 2.25. The predicted molar refractivity (Wildman–Crippen MR) is 73.5 cm³/mol. The van der Waals surface area contributed by atoms with Gasteiger partial charge in [-0.05, 0) is 17.9 Å². The zero-order chi connectivity index (χ0) is 12.3. The Bertz CT molecular complexity index is 383. The molecule has 1 heterocycles. The zero-order valence-electron chi connectivity index (χ0n) is 10.2. The normalized spacial score (nSPS) is 19.3. The summed E-state index contributed by atoms with van der Waals surface area (Å²) in [6.45, 7) is 2.84. The molecule has 0 aliphatic carbocycles. The Hall–Kier alpha value is -1.16. The number of carbonyl (C=O) groups excluding carboxylic acids is 1. The van der Waals surface area contributed by atoms with E-state index in [1.54, 1.807) is 11.8 Å². The number of para-hydroxylation sites is 1. The third-order valence-corrected chi connectivity index (χ3v) is 4.03. The van der Waals surface area contributed by atoms with E-state index in [0.29, 0.717) is 5.25 Å². The highest BCUT2D eigenvalue weighted by Gasteiger charge is 2.25. The van der Waals surface area contributed by atoms with E-state index in [9.17, 15) is 4.79 Å². The minimum Gasteiger partial charge on any atom is -0.373 e. The Labute approximate surface area is 106 Å². The van der Waals surface area contributed by atoms with Crippen LogP contribution in [0.1, 0.15) is 12.5 Å². The van der Waals surface area contributed by atoms with Crippen molar-refractivity contribution >= 4 is 23.4 Å². The monoisotopic (exact) mass is 250 g/mol. The maximum absolute atomic E-state index is 12.0. The van der Waals surface area contributed by atoms with Crippen molar-refractivity contribution in [3.8, 4) is 0 Å². The number of hydrogen-bond donors (Lipinski definition) is 2. The number of amides is 1. The largest absolute Gasteiger partial charge is 0.373 e. The fraction of sp³-hybridized carbons (Fsp3) is 0.462. The Morgan fingerprint density at radius 3 is 3.06 bits per heavy atom. The van der Waals surface area contributed by atoms with Crippen LogP contribution in [-0.4, -0.2) is 30.0 Å². The molecular formula is C13H18N2OS. The number of benzene rings is 1. The predicted octanol–water partition coefficient (Wildman–Crippen LogP) is 1.89. The molecule has 2 atom stereocenters. The third kappa shape index (κ3) is 2.94. The van der Waals surface area contributed by atoms with Crippen molar-refractivity contribution < 1.29 is 4.79 Å². The highest BCUT2D eigenvalue weighted by molar-refractivity contribution is 7.99. The van der Waals surface area contributed by atoms with Crippen LogP contribution in [0.15, 0.2) is 24.3 Å². The molecule has 1 aromatic carbocycles. The number of nitrogens with one attached hydrogen (secondary N) is 2. The Balaban J connectivity index is 1.88. The van der Waals surface area contributed by atoms with Gasteiger partial charge in [-0.2, -0.15) is 11.8 Å². The summed E-state index contributed by atoms with van der Waals surface area (Å²) in [6.07, 6.45) is 2.84. The third-order valence-electron chi connectivity index (χ3n) is 3.05. The van der Waals surface area contributed by atoms with Crippen LogP contribution in [0.5, 0.6) is 0 Å². The minimum absolute atomic E-state index is 0.0992. The van der Waals surface area contributed by atoms with Crippen molar-refractivity contribution in [2.24, 2.45) is 0 Å². The lowest BCUT2D eigenvalue weighted by Gasteiger charge is -2.14. The number of thioether (sulfide) groups is 1. The average Bonchev–Trinajstić information content (AvgIpc) is 2.79. The molecule has 4 heteroatoms. The molecule has 2 N–H and O–H groups in total. The summed E-state index contributed by atoms with van der Waals surface area (Å²) in [6, 6.07) is 7.98. The summed E-state index contributed by atoms with van der Waals surface area (Å²) in [5.74, 6) is 0.0992. The molecular weight excluding hydrogens is 232 g/mol. The maximum Gasteiger partial charge on any atom is 0.242 e. The van der Waals surface area contributed by atoms with Gasteiger partial charge in [0, 0.05) is 23.9 Å². The number of anilines is 1. The highest BCUT2D eigenvalue weighted by atomic mass is 32.2. The Morgan fingerprint density at radius 1 is 1.59 bits per heavy atom. The second-order valence-corrected chi connectivity index (χ2v) is 5.63. The van der Waals surface area contributed by atoms with E-state index in [1.807, 2.05) is 18.2 Å². The molecule has 1 aliphatic rings. The summed E-state index contributed by atoms with van der Waals surface area (Å²) in [5.41, 5.74) is 2.32. The molecule has 0 radical (unpaired) electrons. The van der Waals surface area contributed by atoms with Crippen molar-refractivity contribution in [2.45, 2.75) is 24.6 Å². The van der Waals surface area contributed by atoms with Gasteiger partial charge in [-0.25, -0.2) is 0 Å². The standard InChI is InChI=1S/C13H18N2OS/c1-9(17-2)8-14-13(16)12-7-10-5-3-4-6-11(10)15-12/h3-6,9,12,15H,7-8H2,1-2H3,(H,14,16).